The molecule has 0 aliphatic carbocycles. The van der Waals surface area contributed by atoms with Crippen LogP contribution in [0.3, 0.4) is 0 Å². The summed E-state index contributed by atoms with van der Waals surface area (Å²) < 4.78 is 56.7. The molecule has 0 saturated carbocycles. The fraction of sp³-hybridized carbons (Fsp3) is 0.897. The highest BCUT2D eigenvalue weighted by Crippen LogP contribution is 2.22. The van der Waals surface area contributed by atoms with Crippen LogP contribution in [0.15, 0.2) is 0 Å². The Morgan fingerprint density at radius 1 is 0.586 bits per heavy atom. The molecule has 0 aliphatic rings. The molecule has 19 nitrogen and oxygen atoms in total. The van der Waals surface area contributed by atoms with E-state index in [-0.39, 0.29) is 123 Å². The van der Waals surface area contributed by atoms with Crippen LogP contribution in [0.1, 0.15) is 66.2 Å². The largest absolute Gasteiger partial charge is 0.395 e. The first-order valence-corrected chi connectivity index (χ1v) is 20.4. The lowest BCUT2D eigenvalue weighted by Crippen LogP contribution is -2.59. The predicted octanol–water partition coefficient (Wildman–Crippen LogP) is -0.0827. The summed E-state index contributed by atoms with van der Waals surface area (Å²) in [6.45, 7) is 12.6. The SMILES string of the molecule is CCC(C)(COC)OCC(C)(CC)OCCNC(=O)CCOCC(COCCC=O)(COCCC(=O)NCCO)NC(=O)CCOCCOCCOCCOCCN. The molecule has 3 amide bonds. The Labute approximate surface area is 345 Å². The fourth-order valence-corrected chi connectivity index (χ4v) is 4.85. The van der Waals surface area contributed by atoms with E-state index in [1.54, 1.807) is 7.11 Å². The van der Waals surface area contributed by atoms with Gasteiger partial charge in [-0.2, -0.15) is 0 Å². The lowest BCUT2D eigenvalue weighted by Gasteiger charge is -2.35. The van der Waals surface area contributed by atoms with Crippen molar-refractivity contribution in [2.75, 3.05) is 146 Å². The normalized spacial score (nSPS) is 14.6. The molecule has 0 saturated heterocycles. The first kappa shape index (κ1) is 55.6. The first-order chi connectivity index (χ1) is 28.0. The van der Waals surface area contributed by atoms with Crippen molar-refractivity contribution in [3.8, 4) is 0 Å². The summed E-state index contributed by atoms with van der Waals surface area (Å²) >= 11 is 0. The summed E-state index contributed by atoms with van der Waals surface area (Å²) in [6.07, 6.45) is 2.42. The van der Waals surface area contributed by atoms with E-state index in [2.05, 4.69) is 16.0 Å². The van der Waals surface area contributed by atoms with Gasteiger partial charge in [-0.1, -0.05) is 13.8 Å². The van der Waals surface area contributed by atoms with Crippen LogP contribution in [0, 0.1) is 0 Å². The maximum atomic E-state index is 13.2. The van der Waals surface area contributed by atoms with Crippen LogP contribution < -0.4 is 21.7 Å². The second-order valence-corrected chi connectivity index (χ2v) is 14.0. The van der Waals surface area contributed by atoms with Gasteiger partial charge in [-0.25, -0.2) is 0 Å². The number of methoxy groups -OCH3 is 1. The van der Waals surface area contributed by atoms with E-state index in [1.165, 1.54) is 0 Å². The highest BCUT2D eigenvalue weighted by molar-refractivity contribution is 5.77. The summed E-state index contributed by atoms with van der Waals surface area (Å²) in [7, 11) is 1.64. The van der Waals surface area contributed by atoms with E-state index >= 15 is 0 Å². The van der Waals surface area contributed by atoms with Gasteiger partial charge < -0.3 is 79.0 Å². The number of ether oxygens (including phenoxy) is 10. The minimum atomic E-state index is -1.23. The van der Waals surface area contributed by atoms with Crippen molar-refractivity contribution in [2.45, 2.75) is 83.0 Å². The molecule has 0 fully saturated rings. The molecule has 0 aromatic rings. The number of amides is 3. The quantitative estimate of drug-likeness (QED) is 0.0398. The molecule has 0 heterocycles. The van der Waals surface area contributed by atoms with Crippen molar-refractivity contribution in [3.05, 3.63) is 0 Å². The number of aliphatic hydroxyl groups excluding tert-OH is 1. The van der Waals surface area contributed by atoms with E-state index in [0.29, 0.717) is 65.8 Å². The molecule has 3 unspecified atom stereocenters. The summed E-state index contributed by atoms with van der Waals surface area (Å²) in [5, 5.41) is 17.3. The van der Waals surface area contributed by atoms with Gasteiger partial charge in [0.25, 0.3) is 0 Å². The minimum absolute atomic E-state index is 0.00429. The Morgan fingerprint density at radius 2 is 1.05 bits per heavy atom. The zero-order valence-electron chi connectivity index (χ0n) is 35.9. The van der Waals surface area contributed by atoms with Crippen LogP contribution >= 0.6 is 0 Å². The van der Waals surface area contributed by atoms with Crippen LogP contribution in [0.5, 0.6) is 0 Å². The van der Waals surface area contributed by atoms with Gasteiger partial charge in [0.15, 0.2) is 0 Å². The van der Waals surface area contributed by atoms with E-state index in [9.17, 15) is 19.2 Å². The zero-order chi connectivity index (χ0) is 43.2. The van der Waals surface area contributed by atoms with Crippen molar-refractivity contribution < 1.29 is 71.7 Å². The molecular formula is C39H76N4O15. The molecule has 0 aliphatic heterocycles. The number of hydrogen-bond acceptors (Lipinski definition) is 16. The molecule has 6 N–H and O–H groups in total. The molecule has 0 spiro atoms. The van der Waals surface area contributed by atoms with E-state index in [4.69, 9.17) is 58.2 Å². The molecule has 58 heavy (non-hydrogen) atoms. The van der Waals surface area contributed by atoms with Crippen molar-refractivity contribution >= 4 is 24.0 Å². The lowest BCUT2D eigenvalue weighted by atomic mass is 10.0. The second-order valence-electron chi connectivity index (χ2n) is 14.0. The standard InChI is InChI=1S/C39H76N4O15/c1-6-37(3,29-49-5)58-30-38(4,7-2)57-22-14-42-35(47)10-20-56-33-39(31-54-17-8-15-44,32-55-19-9-34(46)41-13-16-45)43-36(48)11-18-50-23-25-52-27-28-53-26-24-51-21-12-40/h15,45H,6-14,16-33,40H2,1-5H3,(H,41,46)(H,42,47)(H,43,48). The Kier molecular flexibility index (Phi) is 34.9. The number of rotatable bonds is 43. The van der Waals surface area contributed by atoms with Gasteiger partial charge >= 0.3 is 0 Å². The number of carbonyl (C=O) groups is 4. The van der Waals surface area contributed by atoms with Crippen molar-refractivity contribution in [3.63, 3.8) is 0 Å². The Balaban J connectivity index is 5.11. The van der Waals surface area contributed by atoms with Crippen LogP contribution in [0.2, 0.25) is 0 Å². The van der Waals surface area contributed by atoms with E-state index < -0.39 is 16.7 Å². The van der Waals surface area contributed by atoms with Gasteiger partial charge in [-0.15, -0.1) is 0 Å². The minimum Gasteiger partial charge on any atom is -0.395 e. The number of aldehydes is 1. The molecule has 0 bridgehead atoms. The van der Waals surface area contributed by atoms with E-state index in [0.717, 1.165) is 12.7 Å². The average Bonchev–Trinajstić information content (AvgIpc) is 3.21. The number of nitrogens with two attached hydrogens (primary N) is 1. The monoisotopic (exact) mass is 841 g/mol. The van der Waals surface area contributed by atoms with Crippen molar-refractivity contribution in [1.82, 2.24) is 16.0 Å². The van der Waals surface area contributed by atoms with Crippen molar-refractivity contribution in [2.24, 2.45) is 5.73 Å². The lowest BCUT2D eigenvalue weighted by molar-refractivity contribution is -0.151. The third-order valence-electron chi connectivity index (χ3n) is 8.70. The molecule has 0 rings (SSSR count). The van der Waals surface area contributed by atoms with Gasteiger partial charge in [0.2, 0.25) is 17.7 Å². The van der Waals surface area contributed by atoms with Gasteiger partial charge in [0.05, 0.1) is 130 Å². The first-order valence-electron chi connectivity index (χ1n) is 20.4. The maximum Gasteiger partial charge on any atom is 0.222 e. The summed E-state index contributed by atoms with van der Waals surface area (Å²) in [5.41, 5.74) is 3.18. The van der Waals surface area contributed by atoms with Crippen LogP contribution in [0.25, 0.3) is 0 Å². The van der Waals surface area contributed by atoms with Crippen LogP contribution in [-0.2, 0) is 66.5 Å². The Morgan fingerprint density at radius 3 is 1.55 bits per heavy atom. The highest BCUT2D eigenvalue weighted by Gasteiger charge is 2.34. The second kappa shape index (κ2) is 36.5. The molecular weight excluding hydrogens is 764 g/mol. The molecule has 3 atom stereocenters. The summed E-state index contributed by atoms with van der Waals surface area (Å²) in [4.78, 5) is 48.8. The zero-order valence-corrected chi connectivity index (χ0v) is 35.9. The molecule has 342 valence electrons. The summed E-state index contributed by atoms with van der Waals surface area (Å²) in [6, 6.07) is 0. The molecule has 0 aromatic carbocycles. The summed E-state index contributed by atoms with van der Waals surface area (Å²) in [5.74, 6) is -0.937. The van der Waals surface area contributed by atoms with Crippen LogP contribution in [0.4, 0.5) is 0 Å². The maximum absolute atomic E-state index is 13.2. The van der Waals surface area contributed by atoms with Crippen molar-refractivity contribution in [1.29, 1.82) is 0 Å². The number of hydrogen-bond donors (Lipinski definition) is 5. The highest BCUT2D eigenvalue weighted by atomic mass is 16.6. The van der Waals surface area contributed by atoms with Gasteiger partial charge in [-0.05, 0) is 26.7 Å². The fourth-order valence-electron chi connectivity index (χ4n) is 4.85. The number of carbonyl (C=O) groups excluding carboxylic acids is 4. The third-order valence-corrected chi connectivity index (χ3v) is 8.70. The Hall–Kier alpha value is -2.40. The third kappa shape index (κ3) is 30.6. The molecule has 0 aromatic heterocycles. The van der Waals surface area contributed by atoms with E-state index in [1.807, 2.05) is 27.7 Å². The van der Waals surface area contributed by atoms with Gasteiger partial charge in [0, 0.05) is 52.4 Å². The van der Waals surface area contributed by atoms with Gasteiger partial charge in [-0.3, -0.25) is 14.4 Å². The molecule has 0 radical (unpaired) electrons. The smallest absolute Gasteiger partial charge is 0.222 e. The number of nitrogens with one attached hydrogen (secondary N) is 3. The Bertz CT molecular complexity index is 1050. The predicted molar refractivity (Wildman–Crippen MR) is 214 cm³/mol. The number of aliphatic hydroxyl groups is 1. The molecule has 19 heteroatoms. The van der Waals surface area contributed by atoms with Crippen LogP contribution in [-0.4, -0.2) is 192 Å². The van der Waals surface area contributed by atoms with Gasteiger partial charge in [0.1, 0.15) is 11.8 Å². The topological polar surface area (TPSA) is 243 Å². The average molecular weight is 841 g/mol.